The van der Waals surface area contributed by atoms with Gasteiger partial charge < -0.3 is 10.6 Å². The van der Waals surface area contributed by atoms with E-state index in [2.05, 4.69) is 10.6 Å². The number of nitrogens with one attached hydrogen (secondary N) is 2. The summed E-state index contributed by atoms with van der Waals surface area (Å²) in [5, 5.41) is 6.61. The molecule has 3 atom stereocenters. The van der Waals surface area contributed by atoms with Gasteiger partial charge in [-0.1, -0.05) is 0 Å². The van der Waals surface area contributed by atoms with E-state index in [0.717, 1.165) is 23.8 Å². The first-order valence-corrected chi connectivity index (χ1v) is 6.65. The topological polar surface area (TPSA) is 41.1 Å². The Hall–Kier alpha value is -0.870. The molecule has 16 heavy (non-hydrogen) atoms. The maximum absolute atomic E-state index is 12.0. The van der Waals surface area contributed by atoms with E-state index in [1.807, 2.05) is 19.1 Å². The minimum atomic E-state index is 0.0949. The van der Waals surface area contributed by atoms with Gasteiger partial charge in [-0.3, -0.25) is 4.79 Å². The Morgan fingerprint density at radius 3 is 2.94 bits per heavy atom. The number of rotatable bonds is 2. The maximum atomic E-state index is 12.0. The van der Waals surface area contributed by atoms with Gasteiger partial charge in [0.1, 0.15) is 0 Å². The van der Waals surface area contributed by atoms with Crippen LogP contribution in [0.3, 0.4) is 0 Å². The fourth-order valence-electron chi connectivity index (χ4n) is 2.81. The van der Waals surface area contributed by atoms with Crippen molar-refractivity contribution in [2.24, 2.45) is 5.92 Å². The van der Waals surface area contributed by atoms with E-state index < -0.39 is 0 Å². The van der Waals surface area contributed by atoms with Gasteiger partial charge in [0.15, 0.2) is 0 Å². The van der Waals surface area contributed by atoms with Crippen LogP contribution in [-0.2, 0) is 0 Å². The van der Waals surface area contributed by atoms with Gasteiger partial charge in [0.2, 0.25) is 0 Å². The number of thiophene rings is 1. The second kappa shape index (κ2) is 3.86. The van der Waals surface area contributed by atoms with Gasteiger partial charge in [0.05, 0.1) is 4.88 Å². The molecule has 2 heterocycles. The lowest BCUT2D eigenvalue weighted by Gasteiger charge is -2.23. The molecule has 1 aromatic heterocycles. The van der Waals surface area contributed by atoms with Gasteiger partial charge in [0.25, 0.3) is 5.91 Å². The number of fused-ring (bicyclic) bond motifs is 2. The van der Waals surface area contributed by atoms with Crippen LogP contribution in [0.4, 0.5) is 0 Å². The highest BCUT2D eigenvalue weighted by molar-refractivity contribution is 7.13. The van der Waals surface area contributed by atoms with Crippen molar-refractivity contribution in [3.8, 4) is 0 Å². The highest BCUT2D eigenvalue weighted by atomic mass is 32.1. The summed E-state index contributed by atoms with van der Waals surface area (Å²) in [5.41, 5.74) is 0. The molecule has 0 aromatic carbocycles. The number of aryl methyl sites for hydroxylation is 1. The number of carbonyl (C=O) groups excluding carboxylic acids is 1. The van der Waals surface area contributed by atoms with Crippen molar-refractivity contribution >= 4 is 17.2 Å². The zero-order valence-electron chi connectivity index (χ0n) is 9.32. The lowest BCUT2D eigenvalue weighted by atomic mass is 10.1. The van der Waals surface area contributed by atoms with E-state index >= 15 is 0 Å². The van der Waals surface area contributed by atoms with Gasteiger partial charge >= 0.3 is 0 Å². The Balaban J connectivity index is 1.65. The number of carbonyl (C=O) groups is 1. The summed E-state index contributed by atoms with van der Waals surface area (Å²) in [5.74, 6) is 0.873. The summed E-state index contributed by atoms with van der Waals surface area (Å²) in [4.78, 5) is 14.0. The largest absolute Gasteiger partial charge is 0.347 e. The summed E-state index contributed by atoms with van der Waals surface area (Å²) in [7, 11) is 0. The van der Waals surface area contributed by atoms with Gasteiger partial charge in [-0.05, 0) is 44.4 Å². The minimum Gasteiger partial charge on any atom is -0.347 e. The standard InChI is InChI=1S/C12H16N2OS/c1-7-2-3-11(16-7)12(15)14-10-5-8-4-9(10)13-6-8/h2-3,8-10,13H,4-6H2,1H3,(H,14,15). The fraction of sp³-hybridized carbons (Fsp3) is 0.583. The highest BCUT2D eigenvalue weighted by Crippen LogP contribution is 2.31. The van der Waals surface area contributed by atoms with Crippen molar-refractivity contribution in [1.29, 1.82) is 0 Å². The molecule has 4 heteroatoms. The van der Waals surface area contributed by atoms with Gasteiger partial charge in [-0.2, -0.15) is 0 Å². The van der Waals surface area contributed by atoms with Crippen LogP contribution in [0.15, 0.2) is 12.1 Å². The Morgan fingerprint density at radius 2 is 2.38 bits per heavy atom. The predicted molar refractivity (Wildman–Crippen MR) is 64.8 cm³/mol. The molecule has 3 unspecified atom stereocenters. The highest BCUT2D eigenvalue weighted by Gasteiger charge is 2.40. The van der Waals surface area contributed by atoms with E-state index in [1.54, 1.807) is 11.3 Å². The molecule has 1 aliphatic heterocycles. The minimum absolute atomic E-state index is 0.0949. The van der Waals surface area contributed by atoms with Crippen LogP contribution in [0, 0.1) is 12.8 Å². The number of hydrogen-bond donors (Lipinski definition) is 2. The van der Waals surface area contributed by atoms with Gasteiger partial charge in [-0.25, -0.2) is 0 Å². The maximum Gasteiger partial charge on any atom is 0.261 e. The molecule has 2 N–H and O–H groups in total. The number of hydrogen-bond acceptors (Lipinski definition) is 3. The molecule has 2 bridgehead atoms. The van der Waals surface area contributed by atoms with Crippen LogP contribution in [0.5, 0.6) is 0 Å². The first-order valence-electron chi connectivity index (χ1n) is 5.83. The van der Waals surface area contributed by atoms with Crippen LogP contribution in [-0.4, -0.2) is 24.5 Å². The van der Waals surface area contributed by atoms with Crippen molar-refractivity contribution in [2.45, 2.75) is 31.8 Å². The Labute approximate surface area is 99.2 Å². The molecule has 0 spiro atoms. The van der Waals surface area contributed by atoms with E-state index in [9.17, 15) is 4.79 Å². The van der Waals surface area contributed by atoms with Gasteiger partial charge in [0, 0.05) is 17.0 Å². The predicted octanol–water partition coefficient (Wildman–Crippen LogP) is 1.54. The van der Waals surface area contributed by atoms with Crippen LogP contribution in [0.1, 0.15) is 27.4 Å². The van der Waals surface area contributed by atoms with Crippen LogP contribution < -0.4 is 10.6 Å². The molecule has 1 amide bonds. The molecule has 1 aromatic rings. The van der Waals surface area contributed by atoms with Crippen LogP contribution in [0.2, 0.25) is 0 Å². The number of amides is 1. The van der Waals surface area contributed by atoms with Crippen molar-refractivity contribution < 1.29 is 4.79 Å². The third-order valence-corrected chi connectivity index (χ3v) is 4.61. The van der Waals surface area contributed by atoms with E-state index in [0.29, 0.717) is 12.1 Å². The Kier molecular flexibility index (Phi) is 2.48. The quantitative estimate of drug-likeness (QED) is 0.818. The van der Waals surface area contributed by atoms with Crippen LogP contribution >= 0.6 is 11.3 Å². The average molecular weight is 236 g/mol. The lowest BCUT2D eigenvalue weighted by molar-refractivity contribution is 0.0932. The summed E-state index contributed by atoms with van der Waals surface area (Å²) < 4.78 is 0. The molecule has 3 rings (SSSR count). The van der Waals surface area contributed by atoms with E-state index in [4.69, 9.17) is 0 Å². The summed E-state index contributed by atoms with van der Waals surface area (Å²) in [6.07, 6.45) is 2.38. The van der Waals surface area contributed by atoms with Crippen LogP contribution in [0.25, 0.3) is 0 Å². The van der Waals surface area contributed by atoms with Crippen molar-refractivity contribution in [3.05, 3.63) is 21.9 Å². The Bertz CT molecular complexity index is 415. The van der Waals surface area contributed by atoms with Crippen molar-refractivity contribution in [1.82, 2.24) is 10.6 Å². The Morgan fingerprint density at radius 1 is 1.50 bits per heavy atom. The van der Waals surface area contributed by atoms with Gasteiger partial charge in [-0.15, -0.1) is 11.3 Å². The summed E-state index contributed by atoms with van der Waals surface area (Å²) in [6.45, 7) is 3.16. The normalized spacial score (nSPS) is 31.9. The smallest absolute Gasteiger partial charge is 0.261 e. The first-order chi connectivity index (χ1) is 7.72. The van der Waals surface area contributed by atoms with E-state index in [-0.39, 0.29) is 5.91 Å². The molecule has 86 valence electrons. The van der Waals surface area contributed by atoms with E-state index in [1.165, 1.54) is 11.3 Å². The molecule has 3 nitrogen and oxygen atoms in total. The molecule has 2 fully saturated rings. The van der Waals surface area contributed by atoms with Crippen molar-refractivity contribution in [2.75, 3.05) is 6.54 Å². The molecular weight excluding hydrogens is 220 g/mol. The zero-order valence-corrected chi connectivity index (χ0v) is 10.1. The third-order valence-electron chi connectivity index (χ3n) is 3.61. The molecule has 1 saturated carbocycles. The zero-order chi connectivity index (χ0) is 11.1. The molecule has 1 saturated heterocycles. The fourth-order valence-corrected chi connectivity index (χ4v) is 3.58. The molecule has 0 radical (unpaired) electrons. The first kappa shape index (κ1) is 10.3. The SMILES string of the molecule is Cc1ccc(C(=O)NC2CC3CNC2C3)s1. The third kappa shape index (κ3) is 1.76. The summed E-state index contributed by atoms with van der Waals surface area (Å²) >= 11 is 1.57. The van der Waals surface area contributed by atoms with Crippen molar-refractivity contribution in [3.63, 3.8) is 0 Å². The number of piperidine rings is 1. The second-order valence-electron chi connectivity index (χ2n) is 4.84. The molecular formula is C12H16N2OS. The summed E-state index contributed by atoms with van der Waals surface area (Å²) in [6, 6.07) is 4.76. The average Bonchev–Trinajstić information content (AvgIpc) is 2.92. The molecule has 2 aliphatic rings. The second-order valence-corrected chi connectivity index (χ2v) is 6.13. The monoisotopic (exact) mass is 236 g/mol. The molecule has 1 aliphatic carbocycles. The lowest BCUT2D eigenvalue weighted by Crippen LogP contribution is -2.47.